The number of aromatic amines is 1. The van der Waals surface area contributed by atoms with Crippen LogP contribution in [0.25, 0.3) is 0 Å². The lowest BCUT2D eigenvalue weighted by atomic mass is 10.2. The van der Waals surface area contributed by atoms with E-state index in [0.29, 0.717) is 19.0 Å². The average Bonchev–Trinajstić information content (AvgIpc) is 2.97. The number of aryl methyl sites for hydroxylation is 1. The van der Waals surface area contributed by atoms with Gasteiger partial charge in [0.2, 0.25) is 5.91 Å². The molecule has 0 spiro atoms. The quantitative estimate of drug-likeness (QED) is 0.719. The first-order valence-electron chi connectivity index (χ1n) is 7.63. The van der Waals surface area contributed by atoms with Crippen LogP contribution in [-0.4, -0.2) is 70.3 Å². The number of H-pyrrole nitrogens is 1. The number of carbonyl (C=O) groups excluding carboxylic acids is 1. The van der Waals surface area contributed by atoms with E-state index >= 15 is 0 Å². The van der Waals surface area contributed by atoms with Crippen LogP contribution < -0.4 is 5.32 Å². The van der Waals surface area contributed by atoms with E-state index in [1.54, 1.807) is 11.8 Å². The Morgan fingerprint density at radius 2 is 2.45 bits per heavy atom. The van der Waals surface area contributed by atoms with Crippen LogP contribution in [0.2, 0.25) is 0 Å². The van der Waals surface area contributed by atoms with E-state index in [9.17, 15) is 4.79 Å². The number of ether oxygens (including phenoxy) is 1. The minimum atomic E-state index is -0.176. The Hall–Kier alpha value is -1.12. The molecule has 0 unspecified atom stereocenters. The highest BCUT2D eigenvalue weighted by Crippen LogP contribution is 2.20. The minimum Gasteiger partial charge on any atom is -0.367 e. The number of nitrogens with one attached hydrogen (secondary N) is 2. The normalized spacial score (nSPS) is 20.8. The first kappa shape index (κ1) is 17.2. The van der Waals surface area contributed by atoms with Gasteiger partial charge in [-0.1, -0.05) is 0 Å². The number of rotatable bonds is 7. The molecule has 1 amide bonds. The number of nitrogens with zero attached hydrogens (tertiary/aromatic N) is 3. The molecule has 0 aliphatic carbocycles. The van der Waals surface area contributed by atoms with Crippen LogP contribution >= 0.6 is 11.8 Å². The zero-order chi connectivity index (χ0) is 15.9. The molecule has 1 aliphatic rings. The number of morpholine rings is 1. The Morgan fingerprint density at radius 1 is 1.64 bits per heavy atom. The number of carbonyl (C=O) groups is 1. The van der Waals surface area contributed by atoms with Crippen molar-refractivity contribution in [1.82, 2.24) is 25.4 Å². The smallest absolute Gasteiger partial charge is 0.237 e. The number of hydrogen-bond acceptors (Lipinski definition) is 6. The maximum Gasteiger partial charge on any atom is 0.237 e. The Morgan fingerprint density at radius 3 is 3.14 bits per heavy atom. The molecule has 1 saturated heterocycles. The molecule has 1 aromatic heterocycles. The Balaban J connectivity index is 1.84. The number of aromatic nitrogens is 3. The van der Waals surface area contributed by atoms with Gasteiger partial charge in [0.25, 0.3) is 0 Å². The van der Waals surface area contributed by atoms with E-state index in [-0.39, 0.29) is 18.1 Å². The Kier molecular flexibility index (Phi) is 6.66. The number of amides is 1. The molecular weight excluding hydrogens is 302 g/mol. The predicted octanol–water partition coefficient (Wildman–Crippen LogP) is 0.744. The molecule has 22 heavy (non-hydrogen) atoms. The topological polar surface area (TPSA) is 83.1 Å². The van der Waals surface area contributed by atoms with Crippen molar-refractivity contribution >= 4 is 17.7 Å². The molecule has 0 radical (unpaired) electrons. The molecule has 124 valence electrons. The third-order valence-electron chi connectivity index (χ3n) is 3.75. The molecule has 0 saturated carbocycles. The predicted molar refractivity (Wildman–Crippen MR) is 86.9 cm³/mol. The highest BCUT2D eigenvalue weighted by Gasteiger charge is 2.30. The second kappa shape index (κ2) is 8.50. The lowest BCUT2D eigenvalue weighted by Gasteiger charge is -2.35. The summed E-state index contributed by atoms with van der Waals surface area (Å²) < 4.78 is 5.73. The van der Waals surface area contributed by atoms with Crippen LogP contribution in [0.15, 0.2) is 0 Å². The van der Waals surface area contributed by atoms with Crippen molar-refractivity contribution in [3.63, 3.8) is 0 Å². The van der Waals surface area contributed by atoms with Gasteiger partial charge in [-0.25, -0.2) is 4.98 Å². The summed E-state index contributed by atoms with van der Waals surface area (Å²) in [6, 6.07) is -0.166. The average molecular weight is 327 g/mol. The van der Waals surface area contributed by atoms with E-state index in [4.69, 9.17) is 4.74 Å². The maximum atomic E-state index is 12.2. The molecule has 1 aromatic rings. The second-order valence-electron chi connectivity index (χ2n) is 5.45. The molecule has 0 aromatic carbocycles. The van der Waals surface area contributed by atoms with E-state index in [0.717, 1.165) is 31.1 Å². The highest BCUT2D eigenvalue weighted by atomic mass is 32.2. The molecule has 7 nitrogen and oxygen atoms in total. The molecule has 2 rings (SSSR count). The van der Waals surface area contributed by atoms with Gasteiger partial charge in [-0.3, -0.25) is 14.8 Å². The molecule has 2 atom stereocenters. The van der Waals surface area contributed by atoms with Gasteiger partial charge in [-0.15, -0.1) is 0 Å². The van der Waals surface area contributed by atoms with Crippen molar-refractivity contribution in [2.24, 2.45) is 0 Å². The fraction of sp³-hybridized carbons (Fsp3) is 0.786. The van der Waals surface area contributed by atoms with E-state index in [1.807, 2.05) is 13.8 Å². The minimum absolute atomic E-state index is 0.0768. The summed E-state index contributed by atoms with van der Waals surface area (Å²) in [6.45, 7) is 6.51. The van der Waals surface area contributed by atoms with Crippen molar-refractivity contribution in [3.8, 4) is 0 Å². The largest absolute Gasteiger partial charge is 0.367 e. The Labute approximate surface area is 135 Å². The monoisotopic (exact) mass is 327 g/mol. The van der Waals surface area contributed by atoms with Crippen LogP contribution in [0.5, 0.6) is 0 Å². The van der Waals surface area contributed by atoms with Crippen molar-refractivity contribution in [2.45, 2.75) is 32.4 Å². The lowest BCUT2D eigenvalue weighted by molar-refractivity contribution is -0.129. The molecule has 2 heterocycles. The van der Waals surface area contributed by atoms with Crippen LogP contribution in [0, 0.1) is 6.92 Å². The zero-order valence-electron chi connectivity index (χ0n) is 13.5. The molecule has 1 aliphatic heterocycles. The van der Waals surface area contributed by atoms with Crippen LogP contribution in [-0.2, 0) is 9.53 Å². The van der Waals surface area contributed by atoms with E-state index in [2.05, 4.69) is 31.7 Å². The molecule has 2 N–H and O–H groups in total. The maximum absolute atomic E-state index is 12.2. The SMILES string of the molecule is CSCCCNC(=O)[C@H](C)N1CCO[C@H](c2n[nH]c(C)n2)C1. The standard InChI is InChI=1S/C14H25N5O2S/c1-10(14(20)15-5-4-8-22-3)19-6-7-21-12(9-19)13-16-11(2)17-18-13/h10,12H,4-9H2,1-3H3,(H,15,20)(H,16,17,18)/t10-,12-/m0/s1. The molecule has 0 bridgehead atoms. The van der Waals surface area contributed by atoms with Gasteiger partial charge in [0.1, 0.15) is 11.9 Å². The summed E-state index contributed by atoms with van der Waals surface area (Å²) in [7, 11) is 0. The highest BCUT2D eigenvalue weighted by molar-refractivity contribution is 7.98. The van der Waals surface area contributed by atoms with Gasteiger partial charge in [0.15, 0.2) is 5.82 Å². The summed E-state index contributed by atoms with van der Waals surface area (Å²) >= 11 is 1.79. The first-order chi connectivity index (χ1) is 10.6. The van der Waals surface area contributed by atoms with Crippen molar-refractivity contribution < 1.29 is 9.53 Å². The van der Waals surface area contributed by atoms with Crippen LogP contribution in [0.3, 0.4) is 0 Å². The first-order valence-corrected chi connectivity index (χ1v) is 9.02. The second-order valence-corrected chi connectivity index (χ2v) is 6.43. The molecule has 8 heteroatoms. The fourth-order valence-corrected chi connectivity index (χ4v) is 2.86. The van der Waals surface area contributed by atoms with Gasteiger partial charge in [-0.2, -0.15) is 16.9 Å². The van der Waals surface area contributed by atoms with Gasteiger partial charge < -0.3 is 10.1 Å². The van der Waals surface area contributed by atoms with Gasteiger partial charge in [-0.05, 0) is 32.3 Å². The van der Waals surface area contributed by atoms with Crippen molar-refractivity contribution in [1.29, 1.82) is 0 Å². The van der Waals surface area contributed by atoms with Crippen molar-refractivity contribution in [3.05, 3.63) is 11.6 Å². The van der Waals surface area contributed by atoms with Gasteiger partial charge >= 0.3 is 0 Å². The molecular formula is C14H25N5O2S. The van der Waals surface area contributed by atoms with E-state index < -0.39 is 0 Å². The zero-order valence-corrected chi connectivity index (χ0v) is 14.3. The lowest BCUT2D eigenvalue weighted by Crippen LogP contribution is -2.50. The van der Waals surface area contributed by atoms with Gasteiger partial charge in [0, 0.05) is 19.6 Å². The van der Waals surface area contributed by atoms with Crippen LogP contribution in [0.4, 0.5) is 0 Å². The summed E-state index contributed by atoms with van der Waals surface area (Å²) in [5, 5.41) is 9.99. The fourth-order valence-electron chi connectivity index (χ4n) is 2.42. The summed E-state index contributed by atoms with van der Waals surface area (Å²) in [4.78, 5) is 18.7. The third-order valence-corrected chi connectivity index (χ3v) is 4.45. The van der Waals surface area contributed by atoms with Crippen molar-refractivity contribution in [2.75, 3.05) is 38.2 Å². The van der Waals surface area contributed by atoms with E-state index in [1.165, 1.54) is 0 Å². The summed E-state index contributed by atoms with van der Waals surface area (Å²) in [5.74, 6) is 2.58. The van der Waals surface area contributed by atoms with Crippen LogP contribution in [0.1, 0.15) is 31.1 Å². The summed E-state index contributed by atoms with van der Waals surface area (Å²) in [5.41, 5.74) is 0. The number of thioether (sulfide) groups is 1. The van der Waals surface area contributed by atoms with Gasteiger partial charge in [0.05, 0.1) is 12.6 Å². The molecule has 1 fully saturated rings. The number of hydrogen-bond donors (Lipinski definition) is 2. The third kappa shape index (κ3) is 4.69. The Bertz CT molecular complexity index is 482. The summed E-state index contributed by atoms with van der Waals surface area (Å²) in [6.07, 6.45) is 2.90.